The first-order chi connectivity index (χ1) is 7.96. The Kier molecular flexibility index (Phi) is 1.96. The molecule has 2 aliphatic rings. The highest BCUT2D eigenvalue weighted by molar-refractivity contribution is 7.94. The summed E-state index contributed by atoms with van der Waals surface area (Å²) in [5.74, 6) is 0.677. The lowest BCUT2D eigenvalue weighted by Crippen LogP contribution is -2.52. The first-order valence-electron chi connectivity index (χ1n) is 5.62. The van der Waals surface area contributed by atoms with Crippen LogP contribution in [-0.4, -0.2) is 32.1 Å². The lowest BCUT2D eigenvalue weighted by atomic mass is 10.1. The van der Waals surface area contributed by atoms with Crippen molar-refractivity contribution in [1.82, 2.24) is 0 Å². The number of sulfone groups is 1. The smallest absolute Gasteiger partial charge is 0.192 e. The zero-order valence-electron chi connectivity index (χ0n) is 9.84. The number of anilines is 1. The number of para-hydroxylation sites is 1. The fraction of sp³-hybridized carbons (Fsp3) is 0.417. The van der Waals surface area contributed by atoms with E-state index in [-0.39, 0.29) is 0 Å². The average Bonchev–Trinajstić information content (AvgIpc) is 2.77. The van der Waals surface area contributed by atoms with Gasteiger partial charge in [-0.15, -0.1) is 0 Å². The molecule has 2 aliphatic heterocycles. The average molecular weight is 250 g/mol. The number of hydrogen-bond acceptors (Lipinski definition) is 4. The molecule has 0 bridgehead atoms. The van der Waals surface area contributed by atoms with Crippen molar-refractivity contribution in [3.63, 3.8) is 0 Å². The van der Waals surface area contributed by atoms with Gasteiger partial charge in [0.2, 0.25) is 0 Å². The van der Waals surface area contributed by atoms with Crippen LogP contribution in [0.1, 0.15) is 13.8 Å². The Morgan fingerprint density at radius 2 is 2.00 bits per heavy atom. The maximum absolute atomic E-state index is 12.6. The summed E-state index contributed by atoms with van der Waals surface area (Å²) in [4.78, 5) is 6.81. The van der Waals surface area contributed by atoms with E-state index in [9.17, 15) is 8.42 Å². The standard InChI is InChI=1S/C12H14N2O2S/c1-12(2)11-13-7-8-14(11)9-5-3-4-6-10(9)17(12,15)16/h3-6H,7-8H2,1-2H3. The third-order valence-corrected chi connectivity index (χ3v) is 5.95. The van der Waals surface area contributed by atoms with Gasteiger partial charge >= 0.3 is 0 Å². The van der Waals surface area contributed by atoms with Crippen LogP contribution in [0.2, 0.25) is 0 Å². The molecule has 0 unspecified atom stereocenters. The topological polar surface area (TPSA) is 49.7 Å². The van der Waals surface area contributed by atoms with E-state index in [1.165, 1.54) is 0 Å². The predicted molar refractivity (Wildman–Crippen MR) is 67.4 cm³/mol. The van der Waals surface area contributed by atoms with Gasteiger partial charge in [0.25, 0.3) is 0 Å². The molecule has 2 heterocycles. The third-order valence-electron chi connectivity index (χ3n) is 3.50. The number of fused-ring (bicyclic) bond motifs is 3. The molecule has 0 atom stereocenters. The van der Waals surface area contributed by atoms with Crippen molar-refractivity contribution in [3.8, 4) is 0 Å². The predicted octanol–water partition coefficient (Wildman–Crippen LogP) is 1.47. The Morgan fingerprint density at radius 1 is 1.29 bits per heavy atom. The first-order valence-corrected chi connectivity index (χ1v) is 7.11. The number of amidine groups is 1. The third kappa shape index (κ3) is 1.17. The van der Waals surface area contributed by atoms with E-state index in [0.717, 1.165) is 12.2 Å². The summed E-state index contributed by atoms with van der Waals surface area (Å²) in [6, 6.07) is 7.16. The molecule has 0 aromatic heterocycles. The molecule has 5 heteroatoms. The van der Waals surface area contributed by atoms with Crippen molar-refractivity contribution in [3.05, 3.63) is 24.3 Å². The van der Waals surface area contributed by atoms with Gasteiger partial charge in [-0.25, -0.2) is 8.42 Å². The summed E-state index contributed by atoms with van der Waals surface area (Å²) >= 11 is 0. The van der Waals surface area contributed by atoms with E-state index in [1.54, 1.807) is 26.0 Å². The Balaban J connectivity index is 2.39. The summed E-state index contributed by atoms with van der Waals surface area (Å²) in [6.07, 6.45) is 0. The van der Waals surface area contributed by atoms with Gasteiger partial charge < -0.3 is 4.90 Å². The highest BCUT2D eigenvalue weighted by Crippen LogP contribution is 2.41. The monoisotopic (exact) mass is 250 g/mol. The fourth-order valence-electron chi connectivity index (χ4n) is 2.50. The number of rotatable bonds is 0. The molecule has 1 aromatic carbocycles. The van der Waals surface area contributed by atoms with E-state index in [2.05, 4.69) is 4.99 Å². The molecule has 0 aliphatic carbocycles. The second-order valence-corrected chi connectivity index (χ2v) is 7.31. The van der Waals surface area contributed by atoms with Gasteiger partial charge in [-0.1, -0.05) is 12.1 Å². The van der Waals surface area contributed by atoms with Crippen LogP contribution in [0.4, 0.5) is 5.69 Å². The van der Waals surface area contributed by atoms with Crippen LogP contribution in [0.3, 0.4) is 0 Å². The number of aliphatic imine (C=N–C) groups is 1. The van der Waals surface area contributed by atoms with Crippen molar-refractivity contribution in [1.29, 1.82) is 0 Å². The lowest BCUT2D eigenvalue weighted by Gasteiger charge is -2.38. The largest absolute Gasteiger partial charge is 0.326 e. The normalized spacial score (nSPS) is 23.9. The Hall–Kier alpha value is -1.36. The minimum Gasteiger partial charge on any atom is -0.326 e. The van der Waals surface area contributed by atoms with Gasteiger partial charge in [0.1, 0.15) is 10.6 Å². The van der Waals surface area contributed by atoms with Gasteiger partial charge in [0, 0.05) is 6.54 Å². The van der Waals surface area contributed by atoms with Gasteiger partial charge in [0.05, 0.1) is 17.1 Å². The quantitative estimate of drug-likeness (QED) is 0.700. The zero-order valence-corrected chi connectivity index (χ0v) is 10.7. The molecule has 0 saturated carbocycles. The minimum absolute atomic E-state index is 0.422. The molecule has 0 amide bonds. The van der Waals surface area contributed by atoms with Crippen molar-refractivity contribution < 1.29 is 8.42 Å². The number of benzene rings is 1. The molecule has 0 saturated heterocycles. The molecule has 1 aromatic rings. The van der Waals surface area contributed by atoms with Crippen molar-refractivity contribution in [2.24, 2.45) is 4.99 Å². The maximum atomic E-state index is 12.6. The van der Waals surface area contributed by atoms with E-state index >= 15 is 0 Å². The van der Waals surface area contributed by atoms with Crippen LogP contribution in [0.25, 0.3) is 0 Å². The van der Waals surface area contributed by atoms with E-state index < -0.39 is 14.6 Å². The molecular weight excluding hydrogens is 236 g/mol. The highest BCUT2D eigenvalue weighted by Gasteiger charge is 2.50. The molecule has 3 rings (SSSR count). The molecule has 0 fully saturated rings. The van der Waals surface area contributed by atoms with E-state index in [1.807, 2.05) is 17.0 Å². The van der Waals surface area contributed by atoms with Gasteiger partial charge in [-0.3, -0.25) is 4.99 Å². The van der Waals surface area contributed by atoms with E-state index in [4.69, 9.17) is 0 Å². The minimum atomic E-state index is -3.35. The Bertz CT molecular complexity index is 617. The Morgan fingerprint density at radius 3 is 2.76 bits per heavy atom. The summed E-state index contributed by atoms with van der Waals surface area (Å²) in [7, 11) is -3.35. The molecule has 17 heavy (non-hydrogen) atoms. The fourth-order valence-corrected chi connectivity index (χ4v) is 4.18. The SMILES string of the molecule is CC1(C)C2=NCCN2c2ccccc2S1(=O)=O. The molecule has 0 spiro atoms. The second-order valence-electron chi connectivity index (χ2n) is 4.84. The summed E-state index contributed by atoms with van der Waals surface area (Å²) < 4.78 is 24.2. The van der Waals surface area contributed by atoms with Gasteiger partial charge in [0.15, 0.2) is 9.84 Å². The molecular formula is C12H14N2O2S. The number of hydrogen-bond donors (Lipinski definition) is 0. The van der Waals surface area contributed by atoms with Crippen molar-refractivity contribution in [2.45, 2.75) is 23.5 Å². The van der Waals surface area contributed by atoms with Crippen LogP contribution in [0, 0.1) is 0 Å². The van der Waals surface area contributed by atoms with Crippen molar-refractivity contribution in [2.75, 3.05) is 18.0 Å². The maximum Gasteiger partial charge on any atom is 0.192 e. The van der Waals surface area contributed by atoms with Crippen molar-refractivity contribution >= 4 is 21.4 Å². The summed E-state index contributed by atoms with van der Waals surface area (Å²) in [5.41, 5.74) is 0.767. The van der Waals surface area contributed by atoms with Gasteiger partial charge in [-0.05, 0) is 26.0 Å². The molecule has 90 valence electrons. The van der Waals surface area contributed by atoms with E-state index in [0.29, 0.717) is 17.3 Å². The van der Waals surface area contributed by atoms with Crippen LogP contribution in [0.15, 0.2) is 34.2 Å². The lowest BCUT2D eigenvalue weighted by molar-refractivity contribution is 0.574. The van der Waals surface area contributed by atoms with Gasteiger partial charge in [-0.2, -0.15) is 0 Å². The van der Waals surface area contributed by atoms with Crippen LogP contribution < -0.4 is 4.90 Å². The molecule has 0 radical (unpaired) electrons. The second kappa shape index (κ2) is 3.10. The molecule has 0 N–H and O–H groups in total. The van der Waals surface area contributed by atoms with Crippen LogP contribution in [0.5, 0.6) is 0 Å². The van der Waals surface area contributed by atoms with Crippen LogP contribution in [-0.2, 0) is 9.84 Å². The highest BCUT2D eigenvalue weighted by atomic mass is 32.2. The first kappa shape index (κ1) is 10.8. The Labute approximate surface area is 101 Å². The zero-order chi connectivity index (χ0) is 12.3. The summed E-state index contributed by atoms with van der Waals surface area (Å²) in [6.45, 7) is 4.90. The van der Waals surface area contributed by atoms with Crippen LogP contribution >= 0.6 is 0 Å². The molecule has 4 nitrogen and oxygen atoms in total. The summed E-state index contributed by atoms with van der Waals surface area (Å²) in [5, 5.41) is 0. The number of nitrogens with zero attached hydrogens (tertiary/aromatic N) is 2.